The fraction of sp³-hybridized carbons (Fsp3) is 0.556. The molecule has 2 fully saturated rings. The smallest absolute Gasteiger partial charge is 0.253 e. The molecule has 3 rings (SSSR count). The van der Waals surface area contributed by atoms with Gasteiger partial charge in [0.1, 0.15) is 0 Å². The van der Waals surface area contributed by atoms with E-state index in [0.717, 1.165) is 32.2 Å². The molecule has 5 heteroatoms. The number of benzene rings is 1. The maximum atomic E-state index is 12.6. The van der Waals surface area contributed by atoms with Crippen LogP contribution in [0.1, 0.15) is 42.5 Å². The van der Waals surface area contributed by atoms with Crippen molar-refractivity contribution in [1.82, 2.24) is 9.80 Å². The molecule has 1 saturated heterocycles. The lowest BCUT2D eigenvalue weighted by Crippen LogP contribution is -2.52. The van der Waals surface area contributed by atoms with Gasteiger partial charge in [-0.3, -0.25) is 9.69 Å². The van der Waals surface area contributed by atoms with Gasteiger partial charge in [0.25, 0.3) is 5.91 Å². The van der Waals surface area contributed by atoms with Gasteiger partial charge in [0.2, 0.25) is 6.08 Å². The van der Waals surface area contributed by atoms with Crippen LogP contribution in [0.4, 0.5) is 5.69 Å². The standard InChI is InChI=1S/C18H23N3O2/c22-14-19-16-8-6-15(7-9-16)18(23)21-12-10-20(11-13-21)17-4-2-1-3-5-17/h6-9,17H,1-5,10-13H2. The van der Waals surface area contributed by atoms with Crippen LogP contribution in [0.5, 0.6) is 0 Å². The number of isocyanates is 1. The average Bonchev–Trinajstić information content (AvgIpc) is 2.63. The first kappa shape index (κ1) is 15.9. The molecule has 1 aromatic carbocycles. The van der Waals surface area contributed by atoms with Crippen molar-refractivity contribution in [1.29, 1.82) is 0 Å². The van der Waals surface area contributed by atoms with Crippen molar-refractivity contribution in [3.8, 4) is 0 Å². The number of carbonyl (C=O) groups is 1. The summed E-state index contributed by atoms with van der Waals surface area (Å²) in [6, 6.07) is 7.53. The second kappa shape index (κ2) is 7.53. The van der Waals surface area contributed by atoms with Gasteiger partial charge in [0.15, 0.2) is 0 Å². The maximum Gasteiger partial charge on any atom is 0.253 e. The second-order valence-electron chi connectivity index (χ2n) is 6.37. The van der Waals surface area contributed by atoms with Crippen LogP contribution in [0.3, 0.4) is 0 Å². The lowest BCUT2D eigenvalue weighted by molar-refractivity contribution is 0.0523. The maximum absolute atomic E-state index is 12.6. The second-order valence-corrected chi connectivity index (χ2v) is 6.37. The molecule has 0 N–H and O–H groups in total. The van der Waals surface area contributed by atoms with Gasteiger partial charge in [-0.2, -0.15) is 4.99 Å². The summed E-state index contributed by atoms with van der Waals surface area (Å²) in [5.74, 6) is 0.0647. The quantitative estimate of drug-likeness (QED) is 0.637. The number of amides is 1. The molecule has 5 nitrogen and oxygen atoms in total. The summed E-state index contributed by atoms with van der Waals surface area (Å²) in [6.07, 6.45) is 8.20. The minimum atomic E-state index is 0.0647. The Bertz CT molecular complexity index is 579. The molecule has 0 aromatic heterocycles. The van der Waals surface area contributed by atoms with E-state index in [1.165, 1.54) is 38.2 Å². The zero-order valence-corrected chi connectivity index (χ0v) is 13.4. The van der Waals surface area contributed by atoms with E-state index < -0.39 is 0 Å². The highest BCUT2D eigenvalue weighted by Crippen LogP contribution is 2.24. The normalized spacial score (nSPS) is 20.1. The Morgan fingerprint density at radius 3 is 2.26 bits per heavy atom. The zero-order chi connectivity index (χ0) is 16.1. The molecule has 0 bridgehead atoms. The highest BCUT2D eigenvalue weighted by Gasteiger charge is 2.27. The lowest BCUT2D eigenvalue weighted by atomic mass is 9.94. The molecule has 1 aromatic rings. The summed E-state index contributed by atoms with van der Waals surface area (Å²) in [5, 5.41) is 0. The van der Waals surface area contributed by atoms with Crippen LogP contribution in [0.15, 0.2) is 29.3 Å². The van der Waals surface area contributed by atoms with Gasteiger partial charge >= 0.3 is 0 Å². The van der Waals surface area contributed by atoms with E-state index in [9.17, 15) is 9.59 Å². The van der Waals surface area contributed by atoms with Crippen LogP contribution in [-0.2, 0) is 4.79 Å². The average molecular weight is 313 g/mol. The van der Waals surface area contributed by atoms with Crippen molar-refractivity contribution in [2.75, 3.05) is 26.2 Å². The van der Waals surface area contributed by atoms with Crippen molar-refractivity contribution in [3.05, 3.63) is 29.8 Å². The van der Waals surface area contributed by atoms with E-state index in [0.29, 0.717) is 11.3 Å². The van der Waals surface area contributed by atoms with E-state index >= 15 is 0 Å². The molecule has 122 valence electrons. The Morgan fingerprint density at radius 2 is 1.65 bits per heavy atom. The van der Waals surface area contributed by atoms with Gasteiger partial charge in [0.05, 0.1) is 5.69 Å². The molecule has 1 heterocycles. The number of rotatable bonds is 3. The van der Waals surface area contributed by atoms with Crippen molar-refractivity contribution < 1.29 is 9.59 Å². The van der Waals surface area contributed by atoms with Gasteiger partial charge in [-0.1, -0.05) is 19.3 Å². The number of carbonyl (C=O) groups excluding carboxylic acids is 2. The minimum Gasteiger partial charge on any atom is -0.336 e. The summed E-state index contributed by atoms with van der Waals surface area (Å²) >= 11 is 0. The molecular weight excluding hydrogens is 290 g/mol. The molecule has 0 atom stereocenters. The molecule has 0 radical (unpaired) electrons. The zero-order valence-electron chi connectivity index (χ0n) is 13.4. The molecular formula is C18H23N3O2. The number of nitrogens with zero attached hydrogens (tertiary/aromatic N) is 3. The largest absolute Gasteiger partial charge is 0.336 e. The van der Waals surface area contributed by atoms with E-state index in [-0.39, 0.29) is 5.91 Å². The summed E-state index contributed by atoms with van der Waals surface area (Å²) in [6.45, 7) is 3.54. The van der Waals surface area contributed by atoms with Crippen LogP contribution in [-0.4, -0.2) is 54.0 Å². The fourth-order valence-electron chi connectivity index (χ4n) is 3.65. The van der Waals surface area contributed by atoms with Crippen molar-refractivity contribution in [3.63, 3.8) is 0 Å². The molecule has 0 unspecified atom stereocenters. The van der Waals surface area contributed by atoms with Crippen LogP contribution in [0.2, 0.25) is 0 Å². The Hall–Kier alpha value is -1.97. The summed E-state index contributed by atoms with van der Waals surface area (Å²) in [5.41, 5.74) is 1.18. The minimum absolute atomic E-state index is 0.0647. The Morgan fingerprint density at radius 1 is 1.00 bits per heavy atom. The molecule has 2 aliphatic rings. The molecule has 1 aliphatic carbocycles. The topological polar surface area (TPSA) is 53.0 Å². The first-order valence-electron chi connectivity index (χ1n) is 8.49. The lowest BCUT2D eigenvalue weighted by Gasteiger charge is -2.40. The van der Waals surface area contributed by atoms with E-state index in [1.807, 2.05) is 4.90 Å². The van der Waals surface area contributed by atoms with Crippen molar-refractivity contribution in [2.24, 2.45) is 4.99 Å². The van der Waals surface area contributed by atoms with E-state index in [2.05, 4.69) is 9.89 Å². The highest BCUT2D eigenvalue weighted by atomic mass is 16.2. The van der Waals surface area contributed by atoms with Crippen LogP contribution < -0.4 is 0 Å². The molecule has 1 amide bonds. The number of piperazine rings is 1. The van der Waals surface area contributed by atoms with Crippen LogP contribution in [0.25, 0.3) is 0 Å². The highest BCUT2D eigenvalue weighted by molar-refractivity contribution is 5.94. The van der Waals surface area contributed by atoms with Gasteiger partial charge in [-0.25, -0.2) is 4.79 Å². The molecule has 1 saturated carbocycles. The van der Waals surface area contributed by atoms with E-state index in [4.69, 9.17) is 0 Å². The number of aliphatic imine (C=N–C) groups is 1. The summed E-state index contributed by atoms with van der Waals surface area (Å²) in [4.78, 5) is 30.8. The first-order valence-corrected chi connectivity index (χ1v) is 8.49. The predicted molar refractivity (Wildman–Crippen MR) is 88.6 cm³/mol. The molecule has 23 heavy (non-hydrogen) atoms. The monoisotopic (exact) mass is 313 g/mol. The van der Waals surface area contributed by atoms with E-state index in [1.54, 1.807) is 24.3 Å². The third-order valence-corrected chi connectivity index (χ3v) is 4.98. The summed E-state index contributed by atoms with van der Waals surface area (Å²) < 4.78 is 0. The SMILES string of the molecule is O=C=Nc1ccc(C(=O)N2CCN(C3CCCCC3)CC2)cc1. The summed E-state index contributed by atoms with van der Waals surface area (Å²) in [7, 11) is 0. The third-order valence-electron chi connectivity index (χ3n) is 4.98. The van der Waals surface area contributed by atoms with Crippen molar-refractivity contribution >= 4 is 17.7 Å². The first-order chi connectivity index (χ1) is 11.3. The predicted octanol–water partition coefficient (Wildman–Crippen LogP) is 2.74. The van der Waals surface area contributed by atoms with Crippen LogP contribution in [0, 0.1) is 0 Å². The van der Waals surface area contributed by atoms with Crippen molar-refractivity contribution in [2.45, 2.75) is 38.1 Å². The number of hydrogen-bond donors (Lipinski definition) is 0. The van der Waals surface area contributed by atoms with Gasteiger partial charge in [-0.15, -0.1) is 0 Å². The fourth-order valence-corrected chi connectivity index (χ4v) is 3.65. The van der Waals surface area contributed by atoms with Gasteiger partial charge < -0.3 is 4.90 Å². The van der Waals surface area contributed by atoms with Gasteiger partial charge in [0, 0.05) is 37.8 Å². The van der Waals surface area contributed by atoms with Gasteiger partial charge in [-0.05, 0) is 37.1 Å². The molecule has 0 spiro atoms. The number of hydrogen-bond acceptors (Lipinski definition) is 4. The Balaban J connectivity index is 1.56. The Kier molecular flexibility index (Phi) is 5.21. The third kappa shape index (κ3) is 3.87. The van der Waals surface area contributed by atoms with Crippen LogP contribution >= 0.6 is 0 Å². The Labute approximate surface area is 137 Å². The molecule has 1 aliphatic heterocycles.